The highest BCUT2D eigenvalue weighted by molar-refractivity contribution is 6.63. The molecule has 0 bridgehead atoms. The van der Waals surface area contributed by atoms with Gasteiger partial charge in [-0.25, -0.2) is 4.42 Å². The number of halogens is 4. The third kappa shape index (κ3) is 1.29. The van der Waals surface area contributed by atoms with E-state index in [0.29, 0.717) is 16.3 Å². The molecule has 0 unspecified atom stereocenters. The van der Waals surface area contributed by atoms with Crippen LogP contribution < -0.4 is 4.42 Å². The van der Waals surface area contributed by atoms with E-state index in [-0.39, 0.29) is 0 Å². The Morgan fingerprint density at radius 3 is 2.57 bits per heavy atom. The van der Waals surface area contributed by atoms with E-state index < -0.39 is 10.2 Å². The van der Waals surface area contributed by atoms with E-state index in [1.165, 1.54) is 6.07 Å². The summed E-state index contributed by atoms with van der Waals surface area (Å²) in [6.07, 6.45) is 0. The van der Waals surface area contributed by atoms with E-state index >= 15 is 0 Å². The minimum absolute atomic E-state index is 0.410. The number of alkyl halides is 2. The molecular formula is C8H3Cl4NO. The van der Waals surface area contributed by atoms with Gasteiger partial charge in [0.1, 0.15) is 0 Å². The van der Waals surface area contributed by atoms with Crippen LogP contribution in [0.2, 0.25) is 5.02 Å². The lowest BCUT2D eigenvalue weighted by molar-refractivity contribution is -0.117. The summed E-state index contributed by atoms with van der Waals surface area (Å²) >= 11 is 23.2. The molecule has 0 aliphatic carbocycles. The number of nitrogens with zero attached hydrogens (tertiary/aromatic N) is 1. The van der Waals surface area contributed by atoms with E-state index in [2.05, 4.69) is 0 Å². The number of fused-ring (bicyclic) bond motifs is 1. The second-order valence-corrected chi connectivity index (χ2v) is 4.92. The van der Waals surface area contributed by atoms with Gasteiger partial charge in [-0.15, -0.1) is 0 Å². The van der Waals surface area contributed by atoms with Gasteiger partial charge in [-0.05, 0) is 18.2 Å². The van der Waals surface area contributed by atoms with Gasteiger partial charge < -0.3 is 0 Å². The summed E-state index contributed by atoms with van der Waals surface area (Å²) in [7, 11) is 0. The largest absolute Gasteiger partial charge is 0.282 e. The highest BCUT2D eigenvalue weighted by Gasteiger charge is 2.48. The van der Waals surface area contributed by atoms with Crippen LogP contribution in [0.5, 0.6) is 0 Å². The molecule has 2 nitrogen and oxygen atoms in total. The topological polar surface area (TPSA) is 20.3 Å². The Morgan fingerprint density at radius 1 is 1.29 bits per heavy atom. The van der Waals surface area contributed by atoms with E-state index in [4.69, 9.17) is 46.6 Å². The molecule has 0 N–H and O–H groups in total. The number of carbonyl (C=O) groups excluding carboxylic acids is 1. The van der Waals surface area contributed by atoms with E-state index in [9.17, 15) is 4.79 Å². The van der Waals surface area contributed by atoms with Crippen LogP contribution >= 0.6 is 46.6 Å². The average Bonchev–Trinajstić information content (AvgIpc) is 2.29. The molecule has 0 saturated heterocycles. The lowest BCUT2D eigenvalue weighted by Gasteiger charge is -2.09. The standard InChI is InChI=1S/C8H3Cl4NO/c9-4-1-2-6-5(3-4)8(10,11)7(14)13(6)12/h1-3H. The molecule has 14 heavy (non-hydrogen) atoms. The quantitative estimate of drug-likeness (QED) is 0.522. The van der Waals surface area contributed by atoms with E-state index in [1.807, 2.05) is 0 Å². The van der Waals surface area contributed by atoms with Crippen molar-refractivity contribution in [1.82, 2.24) is 0 Å². The Bertz CT molecular complexity index is 418. The first-order chi connectivity index (χ1) is 6.44. The zero-order valence-corrected chi connectivity index (χ0v) is 9.62. The zero-order valence-electron chi connectivity index (χ0n) is 6.60. The molecule has 1 amide bonds. The third-order valence-electron chi connectivity index (χ3n) is 1.96. The maximum atomic E-state index is 11.5. The molecule has 1 aromatic rings. The molecule has 1 aliphatic rings. The molecule has 0 saturated carbocycles. The number of amides is 1. The molecule has 74 valence electrons. The Labute approximate surface area is 100 Å². The first-order valence-electron chi connectivity index (χ1n) is 3.63. The lowest BCUT2D eigenvalue weighted by atomic mass is 10.1. The smallest absolute Gasteiger partial charge is 0.269 e. The fraction of sp³-hybridized carbons (Fsp3) is 0.125. The first kappa shape index (κ1) is 10.4. The number of rotatable bonds is 0. The van der Waals surface area contributed by atoms with Crippen LogP contribution in [0.3, 0.4) is 0 Å². The van der Waals surface area contributed by atoms with Gasteiger partial charge in [-0.3, -0.25) is 4.79 Å². The normalized spacial score (nSPS) is 18.6. The Balaban J connectivity index is 2.69. The van der Waals surface area contributed by atoms with Crippen molar-refractivity contribution >= 4 is 58.2 Å². The van der Waals surface area contributed by atoms with Crippen LogP contribution in [-0.2, 0) is 9.13 Å². The summed E-state index contributed by atoms with van der Waals surface area (Å²) in [6, 6.07) is 4.73. The third-order valence-corrected chi connectivity index (χ3v) is 3.26. The van der Waals surface area contributed by atoms with E-state index in [0.717, 1.165) is 4.42 Å². The van der Waals surface area contributed by atoms with Crippen molar-refractivity contribution in [3.05, 3.63) is 28.8 Å². The van der Waals surface area contributed by atoms with Crippen molar-refractivity contribution in [2.45, 2.75) is 4.33 Å². The van der Waals surface area contributed by atoms with Crippen molar-refractivity contribution in [1.29, 1.82) is 0 Å². The minimum atomic E-state index is -1.64. The lowest BCUT2D eigenvalue weighted by Crippen LogP contribution is -2.26. The van der Waals surface area contributed by atoms with E-state index in [1.54, 1.807) is 12.1 Å². The number of carbonyl (C=O) groups is 1. The molecule has 0 radical (unpaired) electrons. The second kappa shape index (κ2) is 3.17. The van der Waals surface area contributed by atoms with Gasteiger partial charge in [0.05, 0.1) is 5.69 Å². The number of anilines is 1. The fourth-order valence-corrected chi connectivity index (χ4v) is 2.28. The molecule has 1 heterocycles. The Morgan fingerprint density at radius 2 is 1.93 bits per heavy atom. The van der Waals surface area contributed by atoms with Gasteiger partial charge in [-0.2, -0.15) is 0 Å². The molecule has 0 spiro atoms. The summed E-state index contributed by atoms with van der Waals surface area (Å²) in [6.45, 7) is 0. The highest BCUT2D eigenvalue weighted by atomic mass is 35.5. The predicted molar refractivity (Wildman–Crippen MR) is 58.2 cm³/mol. The van der Waals surface area contributed by atoms with Crippen molar-refractivity contribution in [3.63, 3.8) is 0 Å². The van der Waals surface area contributed by atoms with Gasteiger partial charge in [0, 0.05) is 22.4 Å². The zero-order chi connectivity index (χ0) is 10.5. The van der Waals surface area contributed by atoms with Crippen LogP contribution in [0.4, 0.5) is 5.69 Å². The monoisotopic (exact) mass is 269 g/mol. The maximum absolute atomic E-state index is 11.5. The van der Waals surface area contributed by atoms with Gasteiger partial charge in [0.15, 0.2) is 0 Å². The van der Waals surface area contributed by atoms with Gasteiger partial charge in [0.25, 0.3) is 5.91 Å². The molecule has 0 atom stereocenters. The van der Waals surface area contributed by atoms with Crippen molar-refractivity contribution < 1.29 is 4.79 Å². The molecule has 6 heteroatoms. The van der Waals surface area contributed by atoms with Crippen LogP contribution in [0.25, 0.3) is 0 Å². The molecular weight excluding hydrogens is 268 g/mol. The van der Waals surface area contributed by atoms with Crippen molar-refractivity contribution in [2.75, 3.05) is 4.42 Å². The van der Waals surface area contributed by atoms with Crippen molar-refractivity contribution in [2.24, 2.45) is 0 Å². The van der Waals surface area contributed by atoms with Crippen LogP contribution in [-0.4, -0.2) is 5.91 Å². The van der Waals surface area contributed by atoms with Crippen LogP contribution in [0, 0.1) is 0 Å². The molecule has 0 fully saturated rings. The number of benzene rings is 1. The first-order valence-corrected chi connectivity index (χ1v) is 5.10. The molecule has 1 aliphatic heterocycles. The summed E-state index contributed by atoms with van der Waals surface area (Å²) in [4.78, 5) is 11.5. The fourth-order valence-electron chi connectivity index (χ4n) is 1.28. The van der Waals surface area contributed by atoms with Crippen LogP contribution in [0.15, 0.2) is 18.2 Å². The second-order valence-electron chi connectivity index (χ2n) is 2.82. The molecule has 2 rings (SSSR count). The molecule has 0 aromatic heterocycles. The summed E-state index contributed by atoms with van der Waals surface area (Å²) < 4.78 is -0.742. The average molecular weight is 271 g/mol. The maximum Gasteiger partial charge on any atom is 0.282 e. The van der Waals surface area contributed by atoms with Gasteiger partial charge in [-0.1, -0.05) is 34.8 Å². The summed E-state index contributed by atoms with van der Waals surface area (Å²) in [5.41, 5.74) is 0.874. The van der Waals surface area contributed by atoms with Crippen molar-refractivity contribution in [3.8, 4) is 0 Å². The summed E-state index contributed by atoms with van der Waals surface area (Å²) in [5, 5.41) is 0.453. The highest BCUT2D eigenvalue weighted by Crippen LogP contribution is 2.49. The summed E-state index contributed by atoms with van der Waals surface area (Å²) in [5.74, 6) is -0.584. The van der Waals surface area contributed by atoms with Crippen LogP contribution in [0.1, 0.15) is 5.56 Å². The molecule has 1 aromatic carbocycles. The number of hydrogen-bond acceptors (Lipinski definition) is 1. The van der Waals surface area contributed by atoms with Gasteiger partial charge >= 0.3 is 0 Å². The Kier molecular flexibility index (Phi) is 2.35. The van der Waals surface area contributed by atoms with Gasteiger partial charge in [0.2, 0.25) is 4.33 Å². The number of hydrogen-bond donors (Lipinski definition) is 0. The minimum Gasteiger partial charge on any atom is -0.269 e. The predicted octanol–water partition coefficient (Wildman–Crippen LogP) is 3.47. The Hall–Kier alpha value is -0.150. The SMILES string of the molecule is O=C1N(Cl)c2ccc(Cl)cc2C1(Cl)Cl.